The second-order valence-corrected chi connectivity index (χ2v) is 3.98. The number of imidazole rings is 1. The number of carbonyl (C=O) groups excluding carboxylic acids is 1. The molecule has 0 fully saturated rings. The molecule has 6 heteroatoms. The molecule has 0 aromatic carbocycles. The van der Waals surface area contributed by atoms with Gasteiger partial charge in [0.1, 0.15) is 5.69 Å². The van der Waals surface area contributed by atoms with E-state index >= 15 is 0 Å². The Labute approximate surface area is 113 Å². The number of rotatable bonds is 8. The highest BCUT2D eigenvalue weighted by atomic mass is 16.5. The smallest absolute Gasteiger partial charge is 0.205 e. The zero-order valence-electron chi connectivity index (χ0n) is 11.6. The summed E-state index contributed by atoms with van der Waals surface area (Å²) in [7, 11) is 3.41. The number of aromatic nitrogens is 2. The van der Waals surface area contributed by atoms with E-state index in [1.165, 1.54) is 6.92 Å². The summed E-state index contributed by atoms with van der Waals surface area (Å²) < 4.78 is 6.67. The maximum atomic E-state index is 11.7. The fraction of sp³-hybridized carbons (Fsp3) is 0.462. The monoisotopic (exact) mass is 264 g/mol. The third-order valence-electron chi connectivity index (χ3n) is 2.49. The number of methoxy groups -OCH3 is 1. The Morgan fingerprint density at radius 2 is 2.37 bits per heavy atom. The molecule has 104 valence electrons. The Kier molecular flexibility index (Phi) is 5.95. The zero-order valence-corrected chi connectivity index (χ0v) is 11.6. The first-order valence-corrected chi connectivity index (χ1v) is 6.05. The van der Waals surface area contributed by atoms with Crippen LogP contribution in [0.5, 0.6) is 0 Å². The average molecular weight is 264 g/mol. The summed E-state index contributed by atoms with van der Waals surface area (Å²) in [5, 5.41) is 3.10. The van der Waals surface area contributed by atoms with Crippen molar-refractivity contribution in [3.63, 3.8) is 0 Å². The van der Waals surface area contributed by atoms with Crippen molar-refractivity contribution in [1.82, 2.24) is 9.55 Å². The molecule has 1 aromatic rings. The number of allylic oxidation sites excluding steroid dienone is 1. The van der Waals surface area contributed by atoms with Gasteiger partial charge in [-0.2, -0.15) is 4.98 Å². The molecule has 0 spiro atoms. The molecule has 0 aliphatic rings. The zero-order chi connectivity index (χ0) is 14.3. The number of ether oxygens (including phenoxy) is 1. The van der Waals surface area contributed by atoms with E-state index in [1.807, 2.05) is 0 Å². The lowest BCUT2D eigenvalue weighted by atomic mass is 10.3. The van der Waals surface area contributed by atoms with E-state index in [-0.39, 0.29) is 5.78 Å². The Morgan fingerprint density at radius 3 is 2.95 bits per heavy atom. The number of nitrogens with zero attached hydrogens (tertiary/aromatic N) is 3. The Hall–Kier alpha value is -1.95. The minimum atomic E-state index is -0.0689. The summed E-state index contributed by atoms with van der Waals surface area (Å²) in [6.07, 6.45) is 4.05. The summed E-state index contributed by atoms with van der Waals surface area (Å²) in [6, 6.07) is 0. The van der Waals surface area contributed by atoms with Crippen molar-refractivity contribution < 1.29 is 9.53 Å². The van der Waals surface area contributed by atoms with Crippen LogP contribution in [0.15, 0.2) is 17.6 Å². The van der Waals surface area contributed by atoms with Crippen molar-refractivity contribution in [2.45, 2.75) is 13.3 Å². The van der Waals surface area contributed by atoms with E-state index in [0.29, 0.717) is 37.0 Å². The van der Waals surface area contributed by atoms with Crippen molar-refractivity contribution in [2.75, 3.05) is 25.6 Å². The lowest BCUT2D eigenvalue weighted by Gasteiger charge is -2.05. The van der Waals surface area contributed by atoms with Gasteiger partial charge in [-0.3, -0.25) is 4.79 Å². The maximum Gasteiger partial charge on any atom is 0.205 e. The van der Waals surface area contributed by atoms with E-state index in [0.717, 1.165) is 0 Å². The summed E-state index contributed by atoms with van der Waals surface area (Å²) in [5.41, 5.74) is 0.486. The van der Waals surface area contributed by atoms with Gasteiger partial charge in [0.2, 0.25) is 5.95 Å². The number of ketones is 1. The summed E-state index contributed by atoms with van der Waals surface area (Å²) >= 11 is 0. The molecule has 1 heterocycles. The molecule has 0 atom stereocenters. The third-order valence-corrected chi connectivity index (χ3v) is 2.49. The highest BCUT2D eigenvalue weighted by molar-refractivity contribution is 5.97. The van der Waals surface area contributed by atoms with E-state index in [1.54, 1.807) is 31.0 Å². The first kappa shape index (κ1) is 15.1. The maximum absolute atomic E-state index is 11.7. The fourth-order valence-corrected chi connectivity index (χ4v) is 1.60. The largest absolute Gasteiger partial charge is 0.383 e. The van der Waals surface area contributed by atoms with Gasteiger partial charge in [0.25, 0.3) is 0 Å². The van der Waals surface area contributed by atoms with Gasteiger partial charge in [0.15, 0.2) is 11.6 Å². The lowest BCUT2D eigenvalue weighted by molar-refractivity contribution is 0.101. The van der Waals surface area contributed by atoms with Gasteiger partial charge in [-0.15, -0.1) is 6.58 Å². The predicted octanol–water partition coefficient (Wildman–Crippen LogP) is 1.96. The molecule has 1 N–H and O–H groups in total. The van der Waals surface area contributed by atoms with Crippen LogP contribution >= 0.6 is 0 Å². The summed E-state index contributed by atoms with van der Waals surface area (Å²) in [5.74, 6) is 0.963. The second kappa shape index (κ2) is 7.48. The van der Waals surface area contributed by atoms with Crippen molar-refractivity contribution in [2.24, 2.45) is 12.0 Å². The van der Waals surface area contributed by atoms with Crippen molar-refractivity contribution in [1.29, 1.82) is 0 Å². The van der Waals surface area contributed by atoms with Crippen molar-refractivity contribution in [3.05, 3.63) is 18.3 Å². The molecule has 0 saturated heterocycles. The van der Waals surface area contributed by atoms with Crippen LogP contribution in [-0.2, 0) is 11.8 Å². The SMILES string of the molecule is C=CCC=Nc1nc(NCCOC)n(C)c1C(C)=O. The van der Waals surface area contributed by atoms with Gasteiger partial charge in [-0.05, 0) is 0 Å². The van der Waals surface area contributed by atoms with Gasteiger partial charge in [-0.1, -0.05) is 6.08 Å². The first-order valence-electron chi connectivity index (χ1n) is 6.05. The highest BCUT2D eigenvalue weighted by Gasteiger charge is 2.17. The molecule has 0 saturated carbocycles. The molecule has 0 amide bonds. The topological polar surface area (TPSA) is 68.5 Å². The van der Waals surface area contributed by atoms with Gasteiger partial charge in [-0.25, -0.2) is 4.99 Å². The van der Waals surface area contributed by atoms with Gasteiger partial charge >= 0.3 is 0 Å². The summed E-state index contributed by atoms with van der Waals surface area (Å²) in [4.78, 5) is 20.2. The number of nitrogens with one attached hydrogen (secondary N) is 1. The quantitative estimate of drug-likeness (QED) is 0.337. The molecule has 0 bridgehead atoms. The second-order valence-electron chi connectivity index (χ2n) is 3.98. The van der Waals surface area contributed by atoms with Crippen molar-refractivity contribution >= 4 is 23.8 Å². The Bertz CT molecular complexity index is 477. The number of Topliss-reactive ketones (excluding diaryl/α,β-unsaturated/α-hetero) is 1. The molecular formula is C13H20N4O2. The van der Waals surface area contributed by atoms with Gasteiger partial charge in [0, 0.05) is 40.3 Å². The molecule has 0 unspecified atom stereocenters. The predicted molar refractivity (Wildman–Crippen MR) is 76.5 cm³/mol. The van der Waals surface area contributed by atoms with Crippen LogP contribution in [0.25, 0.3) is 0 Å². The average Bonchev–Trinajstić information content (AvgIpc) is 2.67. The standard InChI is InChI=1S/C13H20N4O2/c1-5-6-7-14-12-11(10(2)18)17(3)13(16-12)15-8-9-19-4/h5,7H,1,6,8-9H2,2-4H3,(H,15,16). The Morgan fingerprint density at radius 1 is 1.63 bits per heavy atom. The number of aliphatic imine (C=N–C) groups is 1. The van der Waals surface area contributed by atoms with Gasteiger partial charge in [0.05, 0.1) is 6.61 Å². The summed E-state index contributed by atoms with van der Waals surface area (Å²) in [6.45, 7) is 6.30. The van der Waals surface area contributed by atoms with Crippen LogP contribution in [0, 0.1) is 0 Å². The molecular weight excluding hydrogens is 244 g/mol. The van der Waals surface area contributed by atoms with E-state index < -0.39 is 0 Å². The molecule has 0 aliphatic heterocycles. The van der Waals surface area contributed by atoms with E-state index in [4.69, 9.17) is 4.74 Å². The number of hydrogen-bond donors (Lipinski definition) is 1. The molecule has 1 aromatic heterocycles. The molecule has 0 radical (unpaired) electrons. The Balaban J connectivity index is 2.98. The molecule has 19 heavy (non-hydrogen) atoms. The van der Waals surface area contributed by atoms with Crippen LogP contribution < -0.4 is 5.32 Å². The van der Waals surface area contributed by atoms with Crippen molar-refractivity contribution in [3.8, 4) is 0 Å². The number of anilines is 1. The van der Waals surface area contributed by atoms with Crippen LogP contribution in [0.4, 0.5) is 11.8 Å². The first-order chi connectivity index (χ1) is 9.11. The van der Waals surface area contributed by atoms with Crippen LogP contribution in [0.1, 0.15) is 23.8 Å². The third kappa shape index (κ3) is 4.03. The molecule has 6 nitrogen and oxygen atoms in total. The molecule has 0 aliphatic carbocycles. The molecule has 1 rings (SSSR count). The van der Waals surface area contributed by atoms with E-state index in [9.17, 15) is 4.79 Å². The fourth-order valence-electron chi connectivity index (χ4n) is 1.60. The minimum absolute atomic E-state index is 0.0689. The highest BCUT2D eigenvalue weighted by Crippen LogP contribution is 2.22. The van der Waals surface area contributed by atoms with Crippen LogP contribution in [0.3, 0.4) is 0 Å². The lowest BCUT2D eigenvalue weighted by Crippen LogP contribution is -2.12. The van der Waals surface area contributed by atoms with Crippen LogP contribution in [-0.4, -0.2) is 41.8 Å². The van der Waals surface area contributed by atoms with E-state index in [2.05, 4.69) is 21.9 Å². The normalized spacial score (nSPS) is 10.9. The van der Waals surface area contributed by atoms with Crippen LogP contribution in [0.2, 0.25) is 0 Å². The van der Waals surface area contributed by atoms with Gasteiger partial charge < -0.3 is 14.6 Å². The number of carbonyl (C=O) groups is 1. The number of hydrogen-bond acceptors (Lipinski definition) is 5. The minimum Gasteiger partial charge on any atom is -0.383 e.